The summed E-state index contributed by atoms with van der Waals surface area (Å²) in [5.41, 5.74) is -0.0826. The van der Waals surface area contributed by atoms with Crippen molar-refractivity contribution in [3.8, 4) is 0 Å². The summed E-state index contributed by atoms with van der Waals surface area (Å²) in [6.45, 7) is 5.23. The Labute approximate surface area is 123 Å². The minimum Gasteiger partial charge on any atom is -0.476 e. The molecule has 21 heavy (non-hydrogen) atoms. The Morgan fingerprint density at radius 1 is 1.38 bits per heavy atom. The van der Waals surface area contributed by atoms with Crippen LogP contribution in [0.3, 0.4) is 0 Å². The molecule has 1 fully saturated rings. The summed E-state index contributed by atoms with van der Waals surface area (Å²) in [4.78, 5) is 24.6. The molecule has 0 unspecified atom stereocenters. The third-order valence-corrected chi connectivity index (χ3v) is 3.46. The number of piperidine rings is 1. The second kappa shape index (κ2) is 6.51. The summed E-state index contributed by atoms with van der Waals surface area (Å²) >= 11 is 0. The molecule has 1 aliphatic heterocycles. The first-order valence-corrected chi connectivity index (χ1v) is 7.09. The topological polar surface area (TPSA) is 95.4 Å². The lowest BCUT2D eigenvalue weighted by atomic mass is 10.0. The van der Waals surface area contributed by atoms with Gasteiger partial charge in [-0.3, -0.25) is 4.79 Å². The van der Waals surface area contributed by atoms with E-state index < -0.39 is 5.97 Å². The molecule has 7 heteroatoms. The number of amides is 1. The second-order valence-electron chi connectivity index (χ2n) is 5.53. The van der Waals surface area contributed by atoms with Crippen LogP contribution in [0.25, 0.3) is 0 Å². The van der Waals surface area contributed by atoms with Crippen LogP contribution in [0.15, 0.2) is 12.1 Å². The number of carbonyl (C=O) groups excluding carboxylic acids is 1. The molecule has 114 valence electrons. The molecule has 1 atom stereocenters. The number of aromatic carboxylic acids is 1. The highest BCUT2D eigenvalue weighted by Gasteiger charge is 2.25. The zero-order valence-electron chi connectivity index (χ0n) is 12.2. The van der Waals surface area contributed by atoms with Gasteiger partial charge in [0.25, 0.3) is 0 Å². The van der Waals surface area contributed by atoms with E-state index in [0.717, 1.165) is 19.4 Å². The lowest BCUT2D eigenvalue weighted by Crippen LogP contribution is -2.46. The Morgan fingerprint density at radius 2 is 2.14 bits per heavy atom. The van der Waals surface area contributed by atoms with E-state index in [0.29, 0.717) is 12.4 Å². The van der Waals surface area contributed by atoms with Gasteiger partial charge in [-0.05, 0) is 25.0 Å². The number of likely N-dealkylation sites (tertiary alicyclic amines) is 1. The highest BCUT2D eigenvalue weighted by atomic mass is 16.4. The Hall–Kier alpha value is -2.18. The number of nitrogens with zero attached hydrogens (tertiary/aromatic N) is 3. The average molecular weight is 292 g/mol. The van der Waals surface area contributed by atoms with Crippen LogP contribution < -0.4 is 5.32 Å². The van der Waals surface area contributed by atoms with Crippen molar-refractivity contribution < 1.29 is 14.7 Å². The van der Waals surface area contributed by atoms with Gasteiger partial charge in [-0.15, -0.1) is 10.2 Å². The van der Waals surface area contributed by atoms with Crippen molar-refractivity contribution >= 4 is 17.7 Å². The number of hydrogen-bond donors (Lipinski definition) is 2. The zero-order valence-corrected chi connectivity index (χ0v) is 12.2. The standard InChI is InChI=1S/C14H20N4O3/c1-9(2)13(19)18-7-3-4-10(8-18)15-12-6-5-11(14(20)21)16-17-12/h5-6,9-10H,3-4,7-8H2,1-2H3,(H,15,17)(H,20,21)/t10-/m1/s1. The number of nitrogens with one attached hydrogen (secondary N) is 1. The molecule has 1 aromatic heterocycles. The van der Waals surface area contributed by atoms with Gasteiger partial charge in [0.05, 0.1) is 0 Å². The molecule has 1 aromatic rings. The van der Waals surface area contributed by atoms with E-state index in [2.05, 4.69) is 15.5 Å². The molecule has 0 bridgehead atoms. The van der Waals surface area contributed by atoms with Crippen molar-refractivity contribution in [1.29, 1.82) is 0 Å². The van der Waals surface area contributed by atoms with Crippen LogP contribution in [0.1, 0.15) is 37.2 Å². The molecule has 1 amide bonds. The second-order valence-corrected chi connectivity index (χ2v) is 5.53. The smallest absolute Gasteiger partial charge is 0.356 e. The van der Waals surface area contributed by atoms with E-state index in [-0.39, 0.29) is 23.6 Å². The van der Waals surface area contributed by atoms with Crippen LogP contribution >= 0.6 is 0 Å². The van der Waals surface area contributed by atoms with E-state index in [9.17, 15) is 9.59 Å². The highest BCUT2D eigenvalue weighted by molar-refractivity contribution is 5.85. The Kier molecular flexibility index (Phi) is 4.72. The van der Waals surface area contributed by atoms with Crippen LogP contribution in [0, 0.1) is 5.92 Å². The molecule has 0 spiro atoms. The molecule has 0 saturated carbocycles. The molecule has 1 saturated heterocycles. The monoisotopic (exact) mass is 292 g/mol. The average Bonchev–Trinajstić information content (AvgIpc) is 2.47. The van der Waals surface area contributed by atoms with Crippen molar-refractivity contribution in [2.75, 3.05) is 18.4 Å². The maximum atomic E-state index is 12.0. The quantitative estimate of drug-likeness (QED) is 0.866. The molecular weight excluding hydrogens is 272 g/mol. The number of anilines is 1. The summed E-state index contributed by atoms with van der Waals surface area (Å²) in [5, 5.41) is 19.5. The van der Waals surface area contributed by atoms with Gasteiger partial charge in [-0.1, -0.05) is 13.8 Å². The van der Waals surface area contributed by atoms with E-state index in [4.69, 9.17) is 5.11 Å². The number of hydrogen-bond acceptors (Lipinski definition) is 5. The van der Waals surface area contributed by atoms with Gasteiger partial charge in [0.2, 0.25) is 5.91 Å². The van der Waals surface area contributed by atoms with Crippen LogP contribution in [0.5, 0.6) is 0 Å². The van der Waals surface area contributed by atoms with Gasteiger partial charge >= 0.3 is 5.97 Å². The maximum absolute atomic E-state index is 12.0. The summed E-state index contributed by atoms with van der Waals surface area (Å²) in [5.74, 6) is -0.406. The van der Waals surface area contributed by atoms with Crippen molar-refractivity contribution in [3.05, 3.63) is 17.8 Å². The van der Waals surface area contributed by atoms with E-state index in [1.165, 1.54) is 6.07 Å². The summed E-state index contributed by atoms with van der Waals surface area (Å²) < 4.78 is 0. The van der Waals surface area contributed by atoms with E-state index >= 15 is 0 Å². The fourth-order valence-corrected chi connectivity index (χ4v) is 2.39. The third-order valence-electron chi connectivity index (χ3n) is 3.46. The zero-order chi connectivity index (χ0) is 15.4. The van der Waals surface area contributed by atoms with Gasteiger partial charge in [0.1, 0.15) is 5.82 Å². The highest BCUT2D eigenvalue weighted by Crippen LogP contribution is 2.16. The van der Waals surface area contributed by atoms with Crippen LogP contribution in [0.4, 0.5) is 5.82 Å². The minimum atomic E-state index is -1.10. The van der Waals surface area contributed by atoms with Crippen molar-refractivity contribution in [2.45, 2.75) is 32.7 Å². The number of carboxylic acid groups (broad SMARTS) is 1. The number of aromatic nitrogens is 2. The van der Waals surface area contributed by atoms with Crippen LogP contribution in [0.2, 0.25) is 0 Å². The minimum absolute atomic E-state index is 0.00149. The van der Waals surface area contributed by atoms with Crippen molar-refractivity contribution in [1.82, 2.24) is 15.1 Å². The van der Waals surface area contributed by atoms with E-state index in [1.807, 2.05) is 18.7 Å². The van der Waals surface area contributed by atoms with Crippen molar-refractivity contribution in [2.24, 2.45) is 5.92 Å². The summed E-state index contributed by atoms with van der Waals surface area (Å²) in [6.07, 6.45) is 1.89. The predicted molar refractivity (Wildman–Crippen MR) is 77.1 cm³/mol. The van der Waals surface area contributed by atoms with Gasteiger partial charge in [-0.2, -0.15) is 0 Å². The van der Waals surface area contributed by atoms with E-state index in [1.54, 1.807) is 6.07 Å². The van der Waals surface area contributed by atoms with Crippen molar-refractivity contribution in [3.63, 3.8) is 0 Å². The normalized spacial score (nSPS) is 18.6. The SMILES string of the molecule is CC(C)C(=O)N1CCC[C@@H](Nc2ccc(C(=O)O)nn2)C1. The molecule has 0 aliphatic carbocycles. The lowest BCUT2D eigenvalue weighted by Gasteiger charge is -2.34. The predicted octanol–water partition coefficient (Wildman–Crippen LogP) is 1.23. The molecule has 7 nitrogen and oxygen atoms in total. The van der Waals surface area contributed by atoms with Gasteiger partial charge < -0.3 is 15.3 Å². The largest absolute Gasteiger partial charge is 0.476 e. The van der Waals surface area contributed by atoms with Crippen LogP contribution in [-0.4, -0.2) is 51.2 Å². The maximum Gasteiger partial charge on any atom is 0.356 e. The van der Waals surface area contributed by atoms with Gasteiger partial charge in [0, 0.05) is 25.0 Å². The molecule has 2 heterocycles. The Balaban J connectivity index is 1.96. The molecule has 0 aromatic carbocycles. The first-order chi connectivity index (χ1) is 9.97. The third kappa shape index (κ3) is 3.90. The Bertz CT molecular complexity index is 515. The molecule has 2 rings (SSSR count). The van der Waals surface area contributed by atoms with Crippen LogP contribution in [-0.2, 0) is 4.79 Å². The molecule has 0 radical (unpaired) electrons. The van der Waals surface area contributed by atoms with Gasteiger partial charge in [0.15, 0.2) is 5.69 Å². The fourth-order valence-electron chi connectivity index (χ4n) is 2.39. The molecular formula is C14H20N4O3. The molecule has 2 N–H and O–H groups in total. The molecule has 1 aliphatic rings. The summed E-state index contributed by atoms with van der Waals surface area (Å²) in [6, 6.07) is 3.13. The number of carbonyl (C=O) groups is 2. The first-order valence-electron chi connectivity index (χ1n) is 7.09. The summed E-state index contributed by atoms with van der Waals surface area (Å²) in [7, 11) is 0. The first kappa shape index (κ1) is 15.2. The number of rotatable bonds is 4. The number of carboxylic acids is 1. The fraction of sp³-hybridized carbons (Fsp3) is 0.571. The Morgan fingerprint density at radius 3 is 2.71 bits per heavy atom. The lowest BCUT2D eigenvalue weighted by molar-refractivity contribution is -0.135. The van der Waals surface area contributed by atoms with Gasteiger partial charge in [-0.25, -0.2) is 4.79 Å².